The van der Waals surface area contributed by atoms with Crippen LogP contribution < -0.4 is 16.0 Å². The van der Waals surface area contributed by atoms with Gasteiger partial charge in [-0.25, -0.2) is 18.4 Å². The van der Waals surface area contributed by atoms with Gasteiger partial charge in [-0.05, 0) is 50.8 Å². The molecule has 0 aromatic heterocycles. The summed E-state index contributed by atoms with van der Waals surface area (Å²) in [6, 6.07) is 2.56. The lowest BCUT2D eigenvalue weighted by molar-refractivity contribution is -0.0113. The third kappa shape index (κ3) is 8.53. The number of rotatable bonds is 11. The van der Waals surface area contributed by atoms with Gasteiger partial charge >= 0.3 is 12.1 Å². The van der Waals surface area contributed by atoms with E-state index in [1.54, 1.807) is 11.8 Å². The molecule has 3 rings (SSSR count). The van der Waals surface area contributed by atoms with Crippen LogP contribution in [-0.4, -0.2) is 70.0 Å². The SMILES string of the molecule is CNC[C@H](CC1CCCCC1)NC(=O)N1CCC[C@@H](C(OCCNC(=O)OC)c2c(C)ccc(F)c2F)C1. The highest BCUT2D eigenvalue weighted by molar-refractivity contribution is 5.74. The zero-order valence-electron chi connectivity index (χ0n) is 23.0. The van der Waals surface area contributed by atoms with Crippen molar-refractivity contribution in [1.82, 2.24) is 20.9 Å². The summed E-state index contributed by atoms with van der Waals surface area (Å²) in [5.41, 5.74) is 0.749. The molecule has 1 aliphatic heterocycles. The van der Waals surface area contributed by atoms with Crippen molar-refractivity contribution in [3.05, 3.63) is 34.9 Å². The number of urea groups is 1. The van der Waals surface area contributed by atoms with Crippen molar-refractivity contribution >= 4 is 12.1 Å². The van der Waals surface area contributed by atoms with Crippen LogP contribution in [-0.2, 0) is 9.47 Å². The molecular formula is C28H44F2N4O4. The minimum absolute atomic E-state index is 0.0373. The normalized spacial score (nSPS) is 20.0. The second kappa shape index (κ2) is 15.2. The van der Waals surface area contributed by atoms with Crippen molar-refractivity contribution in [3.8, 4) is 0 Å². The van der Waals surface area contributed by atoms with Crippen LogP contribution in [0.4, 0.5) is 18.4 Å². The number of methoxy groups -OCH3 is 1. The first-order chi connectivity index (χ1) is 18.3. The zero-order valence-corrected chi connectivity index (χ0v) is 23.0. The zero-order chi connectivity index (χ0) is 27.5. The lowest BCUT2D eigenvalue weighted by Gasteiger charge is -2.38. The number of alkyl carbamates (subject to hydrolysis) is 1. The highest BCUT2D eigenvalue weighted by Gasteiger charge is 2.35. The van der Waals surface area contributed by atoms with Crippen molar-refractivity contribution in [2.45, 2.75) is 70.4 Å². The molecule has 0 radical (unpaired) electrons. The number of likely N-dealkylation sites (tertiary alicyclic amines) is 1. The summed E-state index contributed by atoms with van der Waals surface area (Å²) in [6.07, 6.45) is 7.26. The number of amides is 3. The smallest absolute Gasteiger partial charge is 0.406 e. The number of piperidine rings is 1. The molecule has 10 heteroatoms. The number of aryl methyl sites for hydroxylation is 1. The van der Waals surface area contributed by atoms with E-state index in [9.17, 15) is 14.0 Å². The van der Waals surface area contributed by atoms with E-state index >= 15 is 4.39 Å². The Morgan fingerprint density at radius 3 is 2.61 bits per heavy atom. The number of likely N-dealkylation sites (N-methyl/N-ethyl adjacent to an activating group) is 1. The number of nitrogens with zero attached hydrogens (tertiary/aromatic N) is 1. The molecule has 8 nitrogen and oxygen atoms in total. The number of benzene rings is 1. The van der Waals surface area contributed by atoms with Crippen LogP contribution >= 0.6 is 0 Å². The summed E-state index contributed by atoms with van der Waals surface area (Å²) >= 11 is 0. The number of halogens is 2. The minimum Gasteiger partial charge on any atom is -0.453 e. The average Bonchev–Trinajstić information content (AvgIpc) is 2.92. The monoisotopic (exact) mass is 538 g/mol. The molecule has 1 heterocycles. The number of carbonyl (C=O) groups is 2. The Kier molecular flexibility index (Phi) is 12.0. The third-order valence-corrected chi connectivity index (χ3v) is 7.78. The maximum absolute atomic E-state index is 15.1. The molecular weight excluding hydrogens is 494 g/mol. The molecule has 1 saturated carbocycles. The van der Waals surface area contributed by atoms with Crippen LogP contribution in [0.15, 0.2) is 12.1 Å². The molecule has 214 valence electrons. The topological polar surface area (TPSA) is 91.9 Å². The standard InChI is InChI=1S/C28H44F2N4O4/c1-19-11-12-23(29)25(30)24(19)26(38-15-13-32-28(36)37-3)21-10-7-14-34(18-21)27(35)33-22(17-31-2)16-20-8-5-4-6-9-20/h11-12,20-22,26,31H,4-10,13-18H2,1-3H3,(H,32,36)(H,33,35)/t21-,22+,26?/m1/s1. The Morgan fingerprint density at radius 2 is 1.89 bits per heavy atom. The van der Waals surface area contributed by atoms with Crippen molar-refractivity contribution in [2.75, 3.05) is 46.9 Å². The molecule has 0 bridgehead atoms. The van der Waals surface area contributed by atoms with Gasteiger partial charge in [-0.2, -0.15) is 0 Å². The Bertz CT molecular complexity index is 913. The van der Waals surface area contributed by atoms with Gasteiger partial charge in [0.2, 0.25) is 0 Å². The number of nitrogens with one attached hydrogen (secondary N) is 3. The fourth-order valence-corrected chi connectivity index (χ4v) is 5.85. The van der Waals surface area contributed by atoms with E-state index in [-0.39, 0.29) is 36.7 Å². The Morgan fingerprint density at radius 1 is 1.13 bits per heavy atom. The fourth-order valence-electron chi connectivity index (χ4n) is 5.85. The van der Waals surface area contributed by atoms with E-state index < -0.39 is 23.8 Å². The lowest BCUT2D eigenvalue weighted by atomic mass is 9.84. The summed E-state index contributed by atoms with van der Waals surface area (Å²) in [5, 5.41) is 8.97. The van der Waals surface area contributed by atoms with E-state index in [2.05, 4.69) is 20.7 Å². The molecule has 2 fully saturated rings. The van der Waals surface area contributed by atoms with Gasteiger partial charge in [0, 0.05) is 43.7 Å². The first kappa shape index (κ1) is 30.1. The van der Waals surface area contributed by atoms with Gasteiger partial charge in [0.05, 0.1) is 19.8 Å². The molecule has 1 unspecified atom stereocenters. The summed E-state index contributed by atoms with van der Waals surface area (Å²) in [7, 11) is 3.16. The third-order valence-electron chi connectivity index (χ3n) is 7.78. The van der Waals surface area contributed by atoms with E-state index in [1.807, 2.05) is 7.05 Å². The lowest BCUT2D eigenvalue weighted by Crippen LogP contribution is -2.52. The molecule has 2 aliphatic rings. The van der Waals surface area contributed by atoms with Crippen LogP contribution in [0, 0.1) is 30.4 Å². The van der Waals surface area contributed by atoms with Gasteiger partial charge in [-0.1, -0.05) is 38.2 Å². The Labute approximate surface area is 225 Å². The highest BCUT2D eigenvalue weighted by Crippen LogP contribution is 2.36. The van der Waals surface area contributed by atoms with Crippen LogP contribution in [0.25, 0.3) is 0 Å². The second-order valence-electron chi connectivity index (χ2n) is 10.6. The average molecular weight is 539 g/mol. The van der Waals surface area contributed by atoms with Gasteiger partial charge in [-0.3, -0.25) is 0 Å². The van der Waals surface area contributed by atoms with Crippen molar-refractivity contribution in [2.24, 2.45) is 11.8 Å². The van der Waals surface area contributed by atoms with Crippen LogP contribution in [0.2, 0.25) is 0 Å². The molecule has 3 amide bonds. The quantitative estimate of drug-likeness (QED) is 0.356. The molecule has 1 aromatic carbocycles. The van der Waals surface area contributed by atoms with Crippen molar-refractivity contribution < 1.29 is 27.8 Å². The molecule has 1 aliphatic carbocycles. The van der Waals surface area contributed by atoms with Crippen LogP contribution in [0.5, 0.6) is 0 Å². The summed E-state index contributed by atoms with van der Waals surface area (Å²) in [6.45, 7) is 3.63. The maximum Gasteiger partial charge on any atom is 0.406 e. The van der Waals surface area contributed by atoms with Crippen LogP contribution in [0.3, 0.4) is 0 Å². The van der Waals surface area contributed by atoms with E-state index in [0.717, 1.165) is 18.9 Å². The van der Waals surface area contributed by atoms with E-state index in [0.29, 0.717) is 37.5 Å². The number of hydrogen-bond donors (Lipinski definition) is 3. The predicted molar refractivity (Wildman–Crippen MR) is 142 cm³/mol. The van der Waals surface area contributed by atoms with Gasteiger partial charge in [-0.15, -0.1) is 0 Å². The summed E-state index contributed by atoms with van der Waals surface area (Å²) < 4.78 is 40.0. The second-order valence-corrected chi connectivity index (χ2v) is 10.6. The molecule has 3 atom stereocenters. The Balaban J connectivity index is 1.70. The molecule has 3 N–H and O–H groups in total. The van der Waals surface area contributed by atoms with Gasteiger partial charge in [0.15, 0.2) is 11.6 Å². The van der Waals surface area contributed by atoms with Crippen molar-refractivity contribution in [3.63, 3.8) is 0 Å². The minimum atomic E-state index is -0.935. The van der Waals surface area contributed by atoms with Crippen molar-refractivity contribution in [1.29, 1.82) is 0 Å². The molecule has 0 spiro atoms. The fraction of sp³-hybridized carbons (Fsp3) is 0.714. The predicted octanol–water partition coefficient (Wildman–Crippen LogP) is 4.67. The summed E-state index contributed by atoms with van der Waals surface area (Å²) in [5.74, 6) is -1.47. The molecule has 38 heavy (non-hydrogen) atoms. The van der Waals surface area contributed by atoms with Gasteiger partial charge in [0.1, 0.15) is 0 Å². The largest absolute Gasteiger partial charge is 0.453 e. The van der Waals surface area contributed by atoms with E-state index in [4.69, 9.17) is 4.74 Å². The first-order valence-corrected chi connectivity index (χ1v) is 13.9. The number of hydrogen-bond acceptors (Lipinski definition) is 5. The van der Waals surface area contributed by atoms with E-state index in [1.165, 1.54) is 45.3 Å². The van der Waals surface area contributed by atoms with Gasteiger partial charge in [0.25, 0.3) is 0 Å². The van der Waals surface area contributed by atoms with Crippen LogP contribution in [0.1, 0.15) is 68.6 Å². The highest BCUT2D eigenvalue weighted by atomic mass is 19.2. The molecule has 1 aromatic rings. The maximum atomic E-state index is 15.1. The first-order valence-electron chi connectivity index (χ1n) is 13.9. The molecule has 1 saturated heterocycles. The summed E-state index contributed by atoms with van der Waals surface area (Å²) in [4.78, 5) is 26.5. The number of carbonyl (C=O) groups excluding carboxylic acids is 2. The van der Waals surface area contributed by atoms with Gasteiger partial charge < -0.3 is 30.3 Å². The Hall–Kier alpha value is -2.46. The number of ether oxygens (including phenoxy) is 2.